The average molecular weight is 431 g/mol. The molecule has 1 saturated heterocycles. The highest BCUT2D eigenvalue weighted by Gasteiger charge is 2.26. The summed E-state index contributed by atoms with van der Waals surface area (Å²) in [6.45, 7) is 3.41. The zero-order chi connectivity index (χ0) is 20.4. The van der Waals surface area contributed by atoms with Gasteiger partial charge < -0.3 is 10.2 Å². The number of hydrogen-bond donors (Lipinski definition) is 2. The molecule has 0 spiro atoms. The number of sulfonamides is 1. The van der Waals surface area contributed by atoms with Crippen LogP contribution in [0.4, 0.5) is 16.8 Å². The van der Waals surface area contributed by atoms with E-state index < -0.39 is 10.0 Å². The fourth-order valence-electron chi connectivity index (χ4n) is 3.24. The normalized spacial score (nSPS) is 16.9. The van der Waals surface area contributed by atoms with E-state index >= 15 is 0 Å². The second kappa shape index (κ2) is 8.05. The molecule has 1 fully saturated rings. The first-order valence-corrected chi connectivity index (χ1v) is 11.9. The molecule has 0 aliphatic carbocycles. The molecule has 0 saturated carbocycles. The quantitative estimate of drug-likeness (QED) is 0.620. The first kappa shape index (κ1) is 19.7. The summed E-state index contributed by atoms with van der Waals surface area (Å²) in [5.41, 5.74) is 1.96. The number of thiazole rings is 1. The topological polar surface area (TPSA) is 100 Å². The molecule has 0 amide bonds. The zero-order valence-electron chi connectivity index (χ0n) is 16.2. The summed E-state index contributed by atoms with van der Waals surface area (Å²) in [6.07, 6.45) is 5.53. The van der Waals surface area contributed by atoms with Gasteiger partial charge in [0.15, 0.2) is 5.13 Å². The molecule has 3 aromatic heterocycles. The van der Waals surface area contributed by atoms with Crippen LogP contribution in [-0.4, -0.2) is 48.8 Å². The summed E-state index contributed by atoms with van der Waals surface area (Å²) in [7, 11) is -3.20. The van der Waals surface area contributed by atoms with Gasteiger partial charge in [0.05, 0.1) is 16.8 Å². The number of rotatable bonds is 6. The van der Waals surface area contributed by atoms with Crippen molar-refractivity contribution in [1.29, 1.82) is 0 Å². The third kappa shape index (κ3) is 5.08. The molecule has 10 heteroatoms. The van der Waals surface area contributed by atoms with Gasteiger partial charge in [-0.25, -0.2) is 28.1 Å². The largest absolute Gasteiger partial charge is 0.346 e. The fraction of sp³-hybridized carbons (Fsp3) is 0.316. The van der Waals surface area contributed by atoms with Crippen molar-refractivity contribution in [2.75, 3.05) is 29.6 Å². The van der Waals surface area contributed by atoms with Crippen LogP contribution in [0.1, 0.15) is 12.0 Å². The highest BCUT2D eigenvalue weighted by atomic mass is 32.2. The number of aryl methyl sites for hydroxylation is 1. The molecule has 1 atom stereocenters. The number of hydrogen-bond acceptors (Lipinski definition) is 8. The van der Waals surface area contributed by atoms with Gasteiger partial charge >= 0.3 is 0 Å². The molecule has 3 aromatic rings. The summed E-state index contributed by atoms with van der Waals surface area (Å²) >= 11 is 1.55. The Morgan fingerprint density at radius 3 is 2.86 bits per heavy atom. The van der Waals surface area contributed by atoms with Gasteiger partial charge in [0, 0.05) is 31.5 Å². The van der Waals surface area contributed by atoms with Crippen LogP contribution in [0, 0.1) is 6.92 Å². The highest BCUT2D eigenvalue weighted by molar-refractivity contribution is 7.88. The van der Waals surface area contributed by atoms with Gasteiger partial charge in [0.1, 0.15) is 11.6 Å². The average Bonchev–Trinajstić information content (AvgIpc) is 3.30. The smallest absolute Gasteiger partial charge is 0.209 e. The van der Waals surface area contributed by atoms with Crippen LogP contribution in [0.3, 0.4) is 0 Å². The van der Waals surface area contributed by atoms with E-state index in [-0.39, 0.29) is 6.04 Å². The van der Waals surface area contributed by atoms with Crippen molar-refractivity contribution in [2.24, 2.45) is 0 Å². The van der Waals surface area contributed by atoms with Crippen molar-refractivity contribution in [3.05, 3.63) is 48.3 Å². The Bertz CT molecular complexity index is 1120. The van der Waals surface area contributed by atoms with E-state index in [0.717, 1.165) is 40.0 Å². The molecule has 0 unspecified atom stereocenters. The Labute approximate surface area is 174 Å². The zero-order valence-corrected chi connectivity index (χ0v) is 17.8. The van der Waals surface area contributed by atoms with E-state index in [4.69, 9.17) is 0 Å². The van der Waals surface area contributed by atoms with Crippen LogP contribution < -0.4 is 14.9 Å². The highest BCUT2D eigenvalue weighted by Crippen LogP contribution is 2.32. The number of nitrogens with one attached hydrogen (secondary N) is 2. The minimum Gasteiger partial charge on any atom is -0.346 e. The van der Waals surface area contributed by atoms with Crippen molar-refractivity contribution < 1.29 is 8.42 Å². The third-order valence-electron chi connectivity index (χ3n) is 4.51. The lowest BCUT2D eigenvalue weighted by molar-refractivity contribution is 0.567. The summed E-state index contributed by atoms with van der Waals surface area (Å²) in [4.78, 5) is 16.6. The maximum absolute atomic E-state index is 11.4. The van der Waals surface area contributed by atoms with Gasteiger partial charge in [-0.05, 0) is 43.2 Å². The van der Waals surface area contributed by atoms with Crippen LogP contribution >= 0.6 is 11.3 Å². The lowest BCUT2D eigenvalue weighted by Gasteiger charge is -2.14. The van der Waals surface area contributed by atoms with Crippen LogP contribution in [0.5, 0.6) is 0 Å². The summed E-state index contributed by atoms with van der Waals surface area (Å²) in [5, 5.41) is 4.10. The van der Waals surface area contributed by atoms with Gasteiger partial charge in [0.2, 0.25) is 10.0 Å². The molecule has 0 aromatic carbocycles. The van der Waals surface area contributed by atoms with Crippen molar-refractivity contribution >= 4 is 38.1 Å². The van der Waals surface area contributed by atoms with E-state index in [9.17, 15) is 8.42 Å². The first-order chi connectivity index (χ1) is 13.9. The van der Waals surface area contributed by atoms with Gasteiger partial charge in [-0.2, -0.15) is 0 Å². The SMILES string of the molecule is Cc1ccnc(Nc2cccc(-c3cnc(N4CC[C@@H](NS(C)(=O)=O)C4)s3)n2)c1. The number of nitrogens with zero attached hydrogens (tertiary/aromatic N) is 4. The number of anilines is 3. The van der Waals surface area contributed by atoms with Crippen molar-refractivity contribution in [2.45, 2.75) is 19.4 Å². The molecule has 4 heterocycles. The van der Waals surface area contributed by atoms with E-state index in [2.05, 4.69) is 29.9 Å². The third-order valence-corrected chi connectivity index (χ3v) is 6.35. The number of aromatic nitrogens is 3. The van der Waals surface area contributed by atoms with Gasteiger partial charge in [0.25, 0.3) is 0 Å². The maximum atomic E-state index is 11.4. The molecule has 2 N–H and O–H groups in total. The van der Waals surface area contributed by atoms with Gasteiger partial charge in [-0.3, -0.25) is 0 Å². The first-order valence-electron chi connectivity index (χ1n) is 9.21. The molecule has 8 nitrogen and oxygen atoms in total. The van der Waals surface area contributed by atoms with Crippen molar-refractivity contribution in [3.8, 4) is 10.6 Å². The Morgan fingerprint density at radius 2 is 2.07 bits per heavy atom. The molecule has 29 heavy (non-hydrogen) atoms. The second-order valence-corrected chi connectivity index (χ2v) is 9.87. The molecular formula is C19H22N6O2S2. The monoisotopic (exact) mass is 430 g/mol. The lowest BCUT2D eigenvalue weighted by atomic mass is 10.3. The molecular weight excluding hydrogens is 408 g/mol. The minimum atomic E-state index is -3.20. The minimum absolute atomic E-state index is 0.0789. The van der Waals surface area contributed by atoms with Gasteiger partial charge in [-0.15, -0.1) is 0 Å². The van der Waals surface area contributed by atoms with Crippen molar-refractivity contribution in [1.82, 2.24) is 19.7 Å². The summed E-state index contributed by atoms with van der Waals surface area (Å²) in [5.74, 6) is 1.47. The lowest BCUT2D eigenvalue weighted by Crippen LogP contribution is -2.36. The van der Waals surface area contributed by atoms with Crippen LogP contribution in [0.25, 0.3) is 10.6 Å². The van der Waals surface area contributed by atoms with E-state index in [1.165, 1.54) is 6.26 Å². The molecule has 0 radical (unpaired) electrons. The van der Waals surface area contributed by atoms with E-state index in [0.29, 0.717) is 12.4 Å². The molecule has 0 bridgehead atoms. The summed E-state index contributed by atoms with van der Waals surface area (Å²) in [6, 6.07) is 9.63. The van der Waals surface area contributed by atoms with Crippen LogP contribution in [0.15, 0.2) is 42.7 Å². The van der Waals surface area contributed by atoms with Crippen LogP contribution in [0.2, 0.25) is 0 Å². The van der Waals surface area contributed by atoms with E-state index in [1.807, 2.05) is 43.5 Å². The maximum Gasteiger partial charge on any atom is 0.209 e. The Kier molecular flexibility index (Phi) is 5.48. The van der Waals surface area contributed by atoms with Crippen molar-refractivity contribution in [3.63, 3.8) is 0 Å². The predicted octanol–water partition coefficient (Wildman–Crippen LogP) is 2.78. The van der Waals surface area contributed by atoms with E-state index in [1.54, 1.807) is 17.5 Å². The number of pyridine rings is 2. The van der Waals surface area contributed by atoms with Crippen LogP contribution in [-0.2, 0) is 10.0 Å². The molecule has 1 aliphatic heterocycles. The molecule has 1 aliphatic rings. The standard InChI is InChI=1S/C19H22N6O2S2/c1-13-6-8-20-18(10-13)23-17-5-3-4-15(22-17)16-11-21-19(28-16)25-9-7-14(12-25)24-29(2,26)27/h3-6,8,10-11,14,24H,7,9,12H2,1-2H3,(H,20,22,23)/t14-/m1/s1. The summed E-state index contributed by atoms with van der Waals surface area (Å²) < 4.78 is 25.6. The van der Waals surface area contributed by atoms with Gasteiger partial charge in [-0.1, -0.05) is 17.4 Å². The molecule has 152 valence electrons. The Morgan fingerprint density at radius 1 is 1.21 bits per heavy atom. The Balaban J connectivity index is 1.47. The predicted molar refractivity (Wildman–Crippen MR) is 116 cm³/mol. The Hall–Kier alpha value is -2.56. The fourth-order valence-corrected chi connectivity index (χ4v) is 4.96. The second-order valence-electron chi connectivity index (χ2n) is 7.08. The molecule has 4 rings (SSSR count).